The molecule has 100 valence electrons. The van der Waals surface area contributed by atoms with Gasteiger partial charge in [-0.15, -0.1) is 0 Å². The molecule has 2 unspecified atom stereocenters. The average molecular weight is 276 g/mol. The van der Waals surface area contributed by atoms with E-state index < -0.39 is 0 Å². The maximum absolute atomic E-state index is 6.37. The van der Waals surface area contributed by atoms with E-state index in [9.17, 15) is 0 Å². The largest absolute Gasteiger partial charge is 0.327 e. The summed E-state index contributed by atoms with van der Waals surface area (Å²) in [6.07, 6.45) is 1.85. The molecule has 0 spiro atoms. The van der Waals surface area contributed by atoms with E-state index in [0.29, 0.717) is 5.92 Å². The lowest BCUT2D eigenvalue weighted by Crippen LogP contribution is -2.37. The Labute approximate surface area is 118 Å². The highest BCUT2D eigenvalue weighted by Crippen LogP contribution is 2.38. The van der Waals surface area contributed by atoms with Crippen LogP contribution in [0.15, 0.2) is 24.3 Å². The third-order valence-electron chi connectivity index (χ3n) is 4.10. The van der Waals surface area contributed by atoms with E-state index >= 15 is 0 Å². The summed E-state index contributed by atoms with van der Waals surface area (Å²) in [6, 6.07) is 8.63. The van der Waals surface area contributed by atoms with Gasteiger partial charge in [0.25, 0.3) is 0 Å². The quantitative estimate of drug-likeness (QED) is 0.936. The lowest BCUT2D eigenvalue weighted by Gasteiger charge is -2.34. The fraction of sp³-hybridized carbons (Fsp3) is 0.400. The number of aromatic nitrogens is 2. The van der Waals surface area contributed by atoms with Crippen LogP contribution in [0.5, 0.6) is 0 Å². The Bertz CT molecular complexity index is 618. The zero-order valence-corrected chi connectivity index (χ0v) is 12.0. The number of benzene rings is 1. The second kappa shape index (κ2) is 4.66. The molecule has 1 aromatic heterocycles. The van der Waals surface area contributed by atoms with E-state index in [1.807, 2.05) is 18.7 Å². The summed E-state index contributed by atoms with van der Waals surface area (Å²) in [5, 5.41) is 5.10. The van der Waals surface area contributed by atoms with Crippen molar-refractivity contribution in [2.24, 2.45) is 12.8 Å². The zero-order chi connectivity index (χ0) is 13.6. The SMILES string of the molecule is Cc1nn(C)c(CC(N)C2Cc3ccccc32)c1Cl. The lowest BCUT2D eigenvalue weighted by atomic mass is 9.73. The molecule has 4 heteroatoms. The Kier molecular flexibility index (Phi) is 3.11. The van der Waals surface area contributed by atoms with Crippen molar-refractivity contribution in [3.05, 3.63) is 51.8 Å². The van der Waals surface area contributed by atoms with Crippen LogP contribution in [-0.4, -0.2) is 15.8 Å². The van der Waals surface area contributed by atoms with Gasteiger partial charge in [0.15, 0.2) is 0 Å². The fourth-order valence-electron chi connectivity index (χ4n) is 2.95. The number of nitrogens with two attached hydrogens (primary N) is 1. The van der Waals surface area contributed by atoms with Gasteiger partial charge in [-0.2, -0.15) is 5.10 Å². The summed E-state index contributed by atoms with van der Waals surface area (Å²) in [7, 11) is 1.93. The van der Waals surface area contributed by atoms with E-state index in [1.54, 1.807) is 0 Å². The van der Waals surface area contributed by atoms with Crippen molar-refractivity contribution >= 4 is 11.6 Å². The molecular formula is C15H18ClN3. The number of fused-ring (bicyclic) bond motifs is 1. The van der Waals surface area contributed by atoms with Crippen LogP contribution in [0.3, 0.4) is 0 Å². The number of nitrogens with zero attached hydrogens (tertiary/aromatic N) is 2. The summed E-state index contributed by atoms with van der Waals surface area (Å²) in [6.45, 7) is 1.93. The molecule has 1 aromatic carbocycles. The maximum Gasteiger partial charge on any atom is 0.0847 e. The molecular weight excluding hydrogens is 258 g/mol. The number of halogens is 1. The molecule has 2 aromatic rings. The van der Waals surface area contributed by atoms with Crippen molar-refractivity contribution in [3.63, 3.8) is 0 Å². The number of hydrogen-bond acceptors (Lipinski definition) is 2. The topological polar surface area (TPSA) is 43.8 Å². The van der Waals surface area contributed by atoms with Gasteiger partial charge in [0.2, 0.25) is 0 Å². The second-order valence-electron chi connectivity index (χ2n) is 5.35. The van der Waals surface area contributed by atoms with Crippen LogP contribution in [0.1, 0.15) is 28.4 Å². The predicted octanol–water partition coefficient (Wildman–Crippen LogP) is 2.59. The molecule has 0 saturated carbocycles. The first kappa shape index (κ1) is 12.7. The zero-order valence-electron chi connectivity index (χ0n) is 11.2. The monoisotopic (exact) mass is 275 g/mol. The first-order valence-electron chi connectivity index (χ1n) is 6.59. The number of rotatable bonds is 3. The molecule has 1 aliphatic rings. The molecule has 19 heavy (non-hydrogen) atoms. The molecule has 0 saturated heterocycles. The van der Waals surface area contributed by atoms with Gasteiger partial charge in [-0.3, -0.25) is 4.68 Å². The standard InChI is InChI=1S/C15H18ClN3/c1-9-15(16)14(19(2)18-9)8-13(17)12-7-10-5-3-4-6-11(10)12/h3-6,12-13H,7-8,17H2,1-2H3. The Morgan fingerprint density at radius 1 is 1.47 bits per heavy atom. The predicted molar refractivity (Wildman–Crippen MR) is 77.5 cm³/mol. The molecule has 2 N–H and O–H groups in total. The molecule has 2 atom stereocenters. The molecule has 3 rings (SSSR count). The van der Waals surface area contributed by atoms with Crippen molar-refractivity contribution in [1.29, 1.82) is 0 Å². The number of aryl methyl sites for hydroxylation is 2. The second-order valence-corrected chi connectivity index (χ2v) is 5.73. The van der Waals surface area contributed by atoms with Crippen LogP contribution in [0, 0.1) is 6.92 Å². The average Bonchev–Trinajstić information content (AvgIpc) is 2.58. The third kappa shape index (κ3) is 2.07. The summed E-state index contributed by atoms with van der Waals surface area (Å²) in [5.41, 5.74) is 11.1. The smallest absolute Gasteiger partial charge is 0.0847 e. The molecule has 0 radical (unpaired) electrons. The summed E-state index contributed by atoms with van der Waals surface area (Å²) >= 11 is 6.29. The highest BCUT2D eigenvalue weighted by molar-refractivity contribution is 6.31. The Morgan fingerprint density at radius 2 is 2.21 bits per heavy atom. The van der Waals surface area contributed by atoms with Gasteiger partial charge in [0.05, 0.1) is 16.4 Å². The highest BCUT2D eigenvalue weighted by atomic mass is 35.5. The van der Waals surface area contributed by atoms with Crippen LogP contribution >= 0.6 is 11.6 Å². The summed E-state index contributed by atoms with van der Waals surface area (Å²) < 4.78 is 1.85. The minimum absolute atomic E-state index is 0.0993. The van der Waals surface area contributed by atoms with Gasteiger partial charge in [-0.05, 0) is 24.5 Å². The first-order chi connectivity index (χ1) is 9.08. The lowest BCUT2D eigenvalue weighted by molar-refractivity contribution is 0.470. The van der Waals surface area contributed by atoms with E-state index in [4.69, 9.17) is 17.3 Å². The van der Waals surface area contributed by atoms with Crippen molar-refractivity contribution < 1.29 is 0 Å². The molecule has 0 fully saturated rings. The third-order valence-corrected chi connectivity index (χ3v) is 4.59. The van der Waals surface area contributed by atoms with Crippen LogP contribution in [0.4, 0.5) is 0 Å². The molecule has 0 bridgehead atoms. The van der Waals surface area contributed by atoms with Gasteiger partial charge >= 0.3 is 0 Å². The first-order valence-corrected chi connectivity index (χ1v) is 6.97. The van der Waals surface area contributed by atoms with E-state index in [0.717, 1.165) is 29.3 Å². The normalized spacial score (nSPS) is 18.8. The van der Waals surface area contributed by atoms with Gasteiger partial charge in [0.1, 0.15) is 0 Å². The summed E-state index contributed by atoms with van der Waals surface area (Å²) in [5.74, 6) is 0.447. The molecule has 0 amide bonds. The van der Waals surface area contributed by atoms with Crippen molar-refractivity contribution in [2.75, 3.05) is 0 Å². The van der Waals surface area contributed by atoms with Crippen molar-refractivity contribution in [1.82, 2.24) is 9.78 Å². The van der Waals surface area contributed by atoms with Gasteiger partial charge < -0.3 is 5.73 Å². The molecule has 1 heterocycles. The van der Waals surface area contributed by atoms with Crippen molar-refractivity contribution in [3.8, 4) is 0 Å². The van der Waals surface area contributed by atoms with Crippen LogP contribution in [0.2, 0.25) is 5.02 Å². The molecule has 3 nitrogen and oxygen atoms in total. The van der Waals surface area contributed by atoms with E-state index in [-0.39, 0.29) is 6.04 Å². The Balaban J connectivity index is 1.78. The van der Waals surface area contributed by atoms with E-state index in [1.165, 1.54) is 11.1 Å². The van der Waals surface area contributed by atoms with Gasteiger partial charge in [-0.1, -0.05) is 35.9 Å². The van der Waals surface area contributed by atoms with E-state index in [2.05, 4.69) is 29.4 Å². The highest BCUT2D eigenvalue weighted by Gasteiger charge is 2.31. The summed E-state index contributed by atoms with van der Waals surface area (Å²) in [4.78, 5) is 0. The Hall–Kier alpha value is -1.32. The van der Waals surface area contributed by atoms with Gasteiger partial charge in [-0.25, -0.2) is 0 Å². The molecule has 1 aliphatic carbocycles. The van der Waals surface area contributed by atoms with Crippen molar-refractivity contribution in [2.45, 2.75) is 31.7 Å². The maximum atomic E-state index is 6.37. The van der Waals surface area contributed by atoms with Gasteiger partial charge in [0, 0.05) is 25.4 Å². The van der Waals surface area contributed by atoms with Crippen LogP contribution in [-0.2, 0) is 19.9 Å². The Morgan fingerprint density at radius 3 is 2.84 bits per heavy atom. The number of hydrogen-bond donors (Lipinski definition) is 1. The minimum Gasteiger partial charge on any atom is -0.327 e. The van der Waals surface area contributed by atoms with Crippen LogP contribution in [0.25, 0.3) is 0 Å². The molecule has 0 aliphatic heterocycles. The minimum atomic E-state index is 0.0993. The fourth-order valence-corrected chi connectivity index (χ4v) is 3.18. The van der Waals surface area contributed by atoms with Crippen LogP contribution < -0.4 is 5.73 Å².